The first-order valence-electron chi connectivity index (χ1n) is 7.90. The number of benzene rings is 1. The number of halogens is 4. The average molecular weight is 423 g/mol. The highest BCUT2D eigenvalue weighted by molar-refractivity contribution is 7.99. The molecule has 0 radical (unpaired) electrons. The molecular weight excluding hydrogens is 405 g/mol. The van der Waals surface area contributed by atoms with Crippen molar-refractivity contribution in [2.24, 2.45) is 0 Å². The second kappa shape index (κ2) is 9.43. The number of aryl methyl sites for hydroxylation is 1. The van der Waals surface area contributed by atoms with E-state index in [0.717, 1.165) is 36.4 Å². The number of hydrogen-bond acceptors (Lipinski definition) is 5. The zero-order valence-electron chi connectivity index (χ0n) is 14.6. The van der Waals surface area contributed by atoms with Crippen LogP contribution in [0.1, 0.15) is 17.8 Å². The third-order valence-corrected chi connectivity index (χ3v) is 4.83. The number of aromatic nitrogens is 3. The van der Waals surface area contributed by atoms with Crippen LogP contribution in [-0.2, 0) is 22.3 Å². The van der Waals surface area contributed by atoms with Gasteiger partial charge in [-0.1, -0.05) is 23.4 Å². The van der Waals surface area contributed by atoms with Crippen molar-refractivity contribution in [1.29, 1.82) is 0 Å². The van der Waals surface area contributed by atoms with Crippen LogP contribution in [0.4, 0.5) is 18.9 Å². The van der Waals surface area contributed by atoms with Crippen LogP contribution >= 0.6 is 23.4 Å². The topological polar surface area (TPSA) is 69.0 Å². The largest absolute Gasteiger partial charge is 0.416 e. The van der Waals surface area contributed by atoms with Crippen molar-refractivity contribution < 1.29 is 22.7 Å². The fourth-order valence-electron chi connectivity index (χ4n) is 2.21. The molecule has 0 spiro atoms. The first kappa shape index (κ1) is 21.5. The molecule has 0 aliphatic carbocycles. The third-order valence-electron chi connectivity index (χ3n) is 3.53. The Kier molecular flexibility index (Phi) is 7.51. The lowest BCUT2D eigenvalue weighted by Gasteiger charge is -2.12. The Hall–Kier alpha value is -1.78. The molecule has 27 heavy (non-hydrogen) atoms. The van der Waals surface area contributed by atoms with E-state index >= 15 is 0 Å². The lowest BCUT2D eigenvalue weighted by molar-refractivity contribution is -0.137. The van der Waals surface area contributed by atoms with E-state index in [4.69, 9.17) is 16.3 Å². The molecule has 1 N–H and O–H groups in total. The van der Waals surface area contributed by atoms with E-state index in [0.29, 0.717) is 24.1 Å². The van der Waals surface area contributed by atoms with Crippen molar-refractivity contribution in [3.05, 3.63) is 34.6 Å². The molecule has 0 aliphatic rings. The van der Waals surface area contributed by atoms with Crippen molar-refractivity contribution >= 4 is 35.0 Å². The van der Waals surface area contributed by atoms with Gasteiger partial charge in [0.25, 0.3) is 0 Å². The highest BCUT2D eigenvalue weighted by atomic mass is 35.5. The van der Waals surface area contributed by atoms with Crippen LogP contribution in [0.25, 0.3) is 0 Å². The zero-order valence-corrected chi connectivity index (χ0v) is 16.2. The summed E-state index contributed by atoms with van der Waals surface area (Å²) in [5.74, 6) is 0.162. The number of alkyl halides is 3. The van der Waals surface area contributed by atoms with Gasteiger partial charge >= 0.3 is 6.18 Å². The van der Waals surface area contributed by atoms with Crippen LogP contribution in [0.3, 0.4) is 0 Å². The standard InChI is InChI=1S/C16H18ClF3N4O2S/c1-10-22-23-15(24(10)6-3-7-26-2)27-9-14(25)21-13-8-11(16(18,19)20)4-5-12(13)17/h4-5,8H,3,6-7,9H2,1-2H3,(H,21,25). The van der Waals surface area contributed by atoms with Crippen molar-refractivity contribution in [2.45, 2.75) is 31.2 Å². The molecule has 0 atom stereocenters. The van der Waals surface area contributed by atoms with Crippen LogP contribution < -0.4 is 5.32 Å². The van der Waals surface area contributed by atoms with E-state index in [1.807, 2.05) is 4.57 Å². The van der Waals surface area contributed by atoms with Gasteiger partial charge in [-0.25, -0.2) is 0 Å². The summed E-state index contributed by atoms with van der Waals surface area (Å²) >= 11 is 7.02. The number of carbonyl (C=O) groups excluding carboxylic acids is 1. The number of nitrogens with zero attached hydrogens (tertiary/aromatic N) is 3. The first-order valence-corrected chi connectivity index (χ1v) is 9.27. The number of nitrogens with one attached hydrogen (secondary N) is 1. The van der Waals surface area contributed by atoms with E-state index in [1.165, 1.54) is 0 Å². The molecule has 6 nitrogen and oxygen atoms in total. The Morgan fingerprint density at radius 2 is 2.11 bits per heavy atom. The quantitative estimate of drug-likeness (QED) is 0.514. The first-order chi connectivity index (χ1) is 12.7. The highest BCUT2D eigenvalue weighted by Gasteiger charge is 2.31. The lowest BCUT2D eigenvalue weighted by atomic mass is 10.2. The number of carbonyl (C=O) groups is 1. The monoisotopic (exact) mass is 422 g/mol. The fraction of sp³-hybridized carbons (Fsp3) is 0.438. The van der Waals surface area contributed by atoms with Crippen LogP contribution in [0.5, 0.6) is 0 Å². The molecule has 0 unspecified atom stereocenters. The molecule has 0 saturated carbocycles. The number of thioether (sulfide) groups is 1. The highest BCUT2D eigenvalue weighted by Crippen LogP contribution is 2.34. The van der Waals surface area contributed by atoms with Gasteiger partial charge in [0.05, 0.1) is 22.0 Å². The summed E-state index contributed by atoms with van der Waals surface area (Å²) in [5.41, 5.74) is -0.974. The second-order valence-corrected chi connectivity index (χ2v) is 6.91. The van der Waals surface area contributed by atoms with E-state index < -0.39 is 17.6 Å². The summed E-state index contributed by atoms with van der Waals surface area (Å²) in [4.78, 5) is 12.1. The van der Waals surface area contributed by atoms with Gasteiger partial charge in [-0.2, -0.15) is 13.2 Å². The minimum absolute atomic E-state index is 0.0277. The van der Waals surface area contributed by atoms with E-state index in [2.05, 4.69) is 15.5 Å². The van der Waals surface area contributed by atoms with Gasteiger partial charge in [0, 0.05) is 20.3 Å². The van der Waals surface area contributed by atoms with Crippen molar-refractivity contribution in [1.82, 2.24) is 14.8 Å². The average Bonchev–Trinajstić information content (AvgIpc) is 2.94. The summed E-state index contributed by atoms with van der Waals surface area (Å²) in [7, 11) is 1.61. The molecule has 1 amide bonds. The molecule has 0 aliphatic heterocycles. The summed E-state index contributed by atoms with van der Waals surface area (Å²) in [6.45, 7) is 3.01. The Labute approximate surface area is 163 Å². The Bertz CT molecular complexity index is 798. The van der Waals surface area contributed by atoms with Crippen molar-refractivity contribution in [3.63, 3.8) is 0 Å². The molecule has 0 bridgehead atoms. The van der Waals surface area contributed by atoms with Gasteiger partial charge in [-0.3, -0.25) is 4.79 Å². The van der Waals surface area contributed by atoms with Gasteiger partial charge < -0.3 is 14.6 Å². The predicted molar refractivity (Wildman–Crippen MR) is 97.1 cm³/mol. The number of methoxy groups -OCH3 is 1. The summed E-state index contributed by atoms with van der Waals surface area (Å²) in [6, 6.07) is 2.77. The van der Waals surface area contributed by atoms with Gasteiger partial charge in [-0.05, 0) is 31.5 Å². The number of rotatable bonds is 8. The third kappa shape index (κ3) is 6.12. The van der Waals surface area contributed by atoms with Crippen molar-refractivity contribution in [3.8, 4) is 0 Å². The van der Waals surface area contributed by atoms with Crippen LogP contribution in [0.2, 0.25) is 5.02 Å². The summed E-state index contributed by atoms with van der Waals surface area (Å²) in [6.07, 6.45) is -3.76. The minimum atomic E-state index is -4.52. The molecule has 0 saturated heterocycles. The maximum atomic E-state index is 12.8. The van der Waals surface area contributed by atoms with Gasteiger partial charge in [0.1, 0.15) is 5.82 Å². The molecule has 148 valence electrons. The van der Waals surface area contributed by atoms with Gasteiger partial charge in [-0.15, -0.1) is 10.2 Å². The Morgan fingerprint density at radius 1 is 1.37 bits per heavy atom. The molecule has 1 heterocycles. The molecule has 2 rings (SSSR count). The molecule has 1 aromatic heterocycles. The van der Waals surface area contributed by atoms with Crippen LogP contribution in [-0.4, -0.2) is 40.1 Å². The maximum Gasteiger partial charge on any atom is 0.416 e. The molecule has 0 fully saturated rings. The number of ether oxygens (including phenoxy) is 1. The van der Waals surface area contributed by atoms with Gasteiger partial charge in [0.2, 0.25) is 5.91 Å². The summed E-state index contributed by atoms with van der Waals surface area (Å²) in [5, 5.41) is 11.0. The van der Waals surface area contributed by atoms with Gasteiger partial charge in [0.15, 0.2) is 5.16 Å². The fourth-order valence-corrected chi connectivity index (χ4v) is 3.18. The zero-order chi connectivity index (χ0) is 20.0. The normalized spacial score (nSPS) is 11.6. The predicted octanol–water partition coefficient (Wildman–Crippen LogP) is 4.03. The Balaban J connectivity index is 1.99. The SMILES string of the molecule is COCCCn1c(C)nnc1SCC(=O)Nc1cc(C(F)(F)F)ccc1Cl. The molecule has 2 aromatic rings. The summed E-state index contributed by atoms with van der Waals surface area (Å²) < 4.78 is 45.2. The van der Waals surface area contributed by atoms with Crippen LogP contribution in [0, 0.1) is 6.92 Å². The molecular formula is C16H18ClF3N4O2S. The van der Waals surface area contributed by atoms with Crippen LogP contribution in [0.15, 0.2) is 23.4 Å². The Morgan fingerprint density at radius 3 is 2.78 bits per heavy atom. The second-order valence-electron chi connectivity index (χ2n) is 5.56. The van der Waals surface area contributed by atoms with E-state index in [9.17, 15) is 18.0 Å². The van der Waals surface area contributed by atoms with Crippen molar-refractivity contribution in [2.75, 3.05) is 24.8 Å². The number of anilines is 1. The molecule has 11 heteroatoms. The smallest absolute Gasteiger partial charge is 0.385 e. The number of amides is 1. The van der Waals surface area contributed by atoms with E-state index in [1.54, 1.807) is 14.0 Å². The minimum Gasteiger partial charge on any atom is -0.385 e. The molecule has 1 aromatic carbocycles. The number of hydrogen-bond donors (Lipinski definition) is 1. The lowest BCUT2D eigenvalue weighted by Crippen LogP contribution is -2.16. The van der Waals surface area contributed by atoms with E-state index in [-0.39, 0.29) is 16.5 Å². The maximum absolute atomic E-state index is 12.8.